The third-order valence-corrected chi connectivity index (χ3v) is 2.66. The van der Waals surface area contributed by atoms with Gasteiger partial charge in [-0.05, 0) is 25.2 Å². The SMILES string of the molecule is CCC(=O)NCC1CCCC(O)C1. The predicted molar refractivity (Wildman–Crippen MR) is 51.3 cm³/mol. The lowest BCUT2D eigenvalue weighted by molar-refractivity contribution is -0.121. The molecule has 76 valence electrons. The van der Waals surface area contributed by atoms with E-state index in [2.05, 4.69) is 5.32 Å². The van der Waals surface area contributed by atoms with Crippen LogP contribution in [0.3, 0.4) is 0 Å². The zero-order chi connectivity index (χ0) is 9.68. The molecule has 3 nitrogen and oxygen atoms in total. The van der Waals surface area contributed by atoms with Crippen LogP contribution in [-0.4, -0.2) is 23.7 Å². The summed E-state index contributed by atoms with van der Waals surface area (Å²) in [6.45, 7) is 2.59. The van der Waals surface area contributed by atoms with Gasteiger partial charge < -0.3 is 10.4 Å². The van der Waals surface area contributed by atoms with E-state index >= 15 is 0 Å². The molecule has 1 saturated carbocycles. The molecule has 1 aliphatic carbocycles. The molecule has 0 aliphatic heterocycles. The molecular weight excluding hydrogens is 166 g/mol. The minimum absolute atomic E-state index is 0.111. The van der Waals surface area contributed by atoms with Crippen LogP contribution in [0.15, 0.2) is 0 Å². The molecule has 1 rings (SSSR count). The average molecular weight is 185 g/mol. The third kappa shape index (κ3) is 3.77. The lowest BCUT2D eigenvalue weighted by Crippen LogP contribution is -2.32. The van der Waals surface area contributed by atoms with Crippen molar-refractivity contribution >= 4 is 5.91 Å². The lowest BCUT2D eigenvalue weighted by Gasteiger charge is -2.25. The van der Waals surface area contributed by atoms with Crippen molar-refractivity contribution in [3.8, 4) is 0 Å². The Morgan fingerprint density at radius 1 is 1.54 bits per heavy atom. The first-order valence-corrected chi connectivity index (χ1v) is 5.17. The summed E-state index contributed by atoms with van der Waals surface area (Å²) in [7, 11) is 0. The summed E-state index contributed by atoms with van der Waals surface area (Å²) in [4.78, 5) is 11.0. The van der Waals surface area contributed by atoms with Gasteiger partial charge in [-0.2, -0.15) is 0 Å². The zero-order valence-corrected chi connectivity index (χ0v) is 8.25. The number of hydrogen-bond donors (Lipinski definition) is 2. The van der Waals surface area contributed by atoms with Gasteiger partial charge in [0.15, 0.2) is 0 Å². The number of amides is 1. The first-order valence-electron chi connectivity index (χ1n) is 5.17. The number of carbonyl (C=O) groups is 1. The molecule has 0 aromatic carbocycles. The Kier molecular flexibility index (Phi) is 4.22. The van der Waals surface area contributed by atoms with E-state index in [1.54, 1.807) is 0 Å². The highest BCUT2D eigenvalue weighted by molar-refractivity contribution is 5.75. The van der Waals surface area contributed by atoms with E-state index in [1.165, 1.54) is 0 Å². The number of nitrogens with one attached hydrogen (secondary N) is 1. The summed E-state index contributed by atoms with van der Waals surface area (Å²) in [6, 6.07) is 0. The fourth-order valence-corrected chi connectivity index (χ4v) is 1.83. The Hall–Kier alpha value is -0.570. The van der Waals surface area contributed by atoms with Crippen LogP contribution in [0.2, 0.25) is 0 Å². The maximum Gasteiger partial charge on any atom is 0.219 e. The molecule has 3 heteroatoms. The topological polar surface area (TPSA) is 49.3 Å². The monoisotopic (exact) mass is 185 g/mol. The molecule has 2 atom stereocenters. The van der Waals surface area contributed by atoms with Crippen molar-refractivity contribution in [2.75, 3.05) is 6.54 Å². The van der Waals surface area contributed by atoms with Crippen molar-refractivity contribution in [3.05, 3.63) is 0 Å². The molecule has 0 aromatic rings. The molecule has 0 bridgehead atoms. The molecule has 13 heavy (non-hydrogen) atoms. The molecule has 0 radical (unpaired) electrons. The van der Waals surface area contributed by atoms with Crippen LogP contribution in [0.25, 0.3) is 0 Å². The largest absolute Gasteiger partial charge is 0.393 e. The average Bonchev–Trinajstić information content (AvgIpc) is 2.14. The summed E-state index contributed by atoms with van der Waals surface area (Å²) in [5, 5.41) is 12.3. The maximum atomic E-state index is 11.0. The Balaban J connectivity index is 2.17. The first-order chi connectivity index (χ1) is 6.22. The van der Waals surface area contributed by atoms with Crippen LogP contribution in [0, 0.1) is 5.92 Å². The second-order valence-electron chi connectivity index (χ2n) is 3.84. The minimum atomic E-state index is -0.141. The molecule has 1 amide bonds. The normalized spacial score (nSPS) is 28.5. The minimum Gasteiger partial charge on any atom is -0.393 e. The summed E-state index contributed by atoms with van der Waals surface area (Å²) >= 11 is 0. The van der Waals surface area contributed by atoms with Gasteiger partial charge in [0.05, 0.1) is 6.10 Å². The maximum absolute atomic E-state index is 11.0. The standard InChI is InChI=1S/C10H19NO2/c1-2-10(13)11-7-8-4-3-5-9(12)6-8/h8-9,12H,2-7H2,1H3,(H,11,13). The van der Waals surface area contributed by atoms with E-state index < -0.39 is 0 Å². The van der Waals surface area contributed by atoms with Crippen LogP contribution < -0.4 is 5.32 Å². The molecule has 2 unspecified atom stereocenters. The number of hydrogen-bond acceptors (Lipinski definition) is 2. The van der Waals surface area contributed by atoms with E-state index in [4.69, 9.17) is 0 Å². The Labute approximate surface area is 79.5 Å². The summed E-state index contributed by atoms with van der Waals surface area (Å²) < 4.78 is 0. The smallest absolute Gasteiger partial charge is 0.219 e. The van der Waals surface area contributed by atoms with Gasteiger partial charge in [-0.1, -0.05) is 13.3 Å². The quantitative estimate of drug-likeness (QED) is 0.691. The van der Waals surface area contributed by atoms with Crippen molar-refractivity contribution in [1.82, 2.24) is 5.32 Å². The van der Waals surface area contributed by atoms with Gasteiger partial charge in [-0.15, -0.1) is 0 Å². The van der Waals surface area contributed by atoms with Gasteiger partial charge in [-0.3, -0.25) is 4.79 Å². The number of rotatable bonds is 3. The van der Waals surface area contributed by atoms with E-state index in [9.17, 15) is 9.90 Å². The van der Waals surface area contributed by atoms with Crippen LogP contribution in [0.4, 0.5) is 0 Å². The number of aliphatic hydroxyl groups excluding tert-OH is 1. The molecule has 1 fully saturated rings. The van der Waals surface area contributed by atoms with E-state index in [1.807, 2.05) is 6.92 Å². The van der Waals surface area contributed by atoms with Gasteiger partial charge in [0.25, 0.3) is 0 Å². The second kappa shape index (κ2) is 5.22. The molecule has 0 saturated heterocycles. The Morgan fingerprint density at radius 3 is 2.92 bits per heavy atom. The van der Waals surface area contributed by atoms with E-state index in [0.717, 1.165) is 32.2 Å². The van der Waals surface area contributed by atoms with Gasteiger partial charge in [-0.25, -0.2) is 0 Å². The zero-order valence-electron chi connectivity index (χ0n) is 8.25. The Morgan fingerprint density at radius 2 is 2.31 bits per heavy atom. The highest BCUT2D eigenvalue weighted by Crippen LogP contribution is 2.23. The van der Waals surface area contributed by atoms with Gasteiger partial charge in [0.1, 0.15) is 0 Å². The summed E-state index contributed by atoms with van der Waals surface area (Å²) in [6.07, 6.45) is 4.42. The van der Waals surface area contributed by atoms with Crippen molar-refractivity contribution in [2.45, 2.75) is 45.1 Å². The van der Waals surface area contributed by atoms with Crippen molar-refractivity contribution in [3.63, 3.8) is 0 Å². The van der Waals surface area contributed by atoms with E-state index in [-0.39, 0.29) is 12.0 Å². The molecule has 0 heterocycles. The molecular formula is C10H19NO2. The van der Waals surface area contributed by atoms with Crippen LogP contribution in [0.5, 0.6) is 0 Å². The molecule has 1 aliphatic rings. The van der Waals surface area contributed by atoms with Crippen molar-refractivity contribution in [2.24, 2.45) is 5.92 Å². The summed E-state index contributed by atoms with van der Waals surface area (Å²) in [5.41, 5.74) is 0. The fraction of sp³-hybridized carbons (Fsp3) is 0.900. The fourth-order valence-electron chi connectivity index (χ4n) is 1.83. The predicted octanol–water partition coefficient (Wildman–Crippen LogP) is 1.06. The van der Waals surface area contributed by atoms with Crippen LogP contribution >= 0.6 is 0 Å². The van der Waals surface area contributed by atoms with Gasteiger partial charge in [0, 0.05) is 13.0 Å². The first kappa shape index (κ1) is 10.5. The number of carbonyl (C=O) groups excluding carboxylic acids is 1. The van der Waals surface area contributed by atoms with Crippen LogP contribution in [0.1, 0.15) is 39.0 Å². The van der Waals surface area contributed by atoms with Crippen LogP contribution in [-0.2, 0) is 4.79 Å². The summed E-state index contributed by atoms with van der Waals surface area (Å²) in [5.74, 6) is 0.597. The lowest BCUT2D eigenvalue weighted by atomic mass is 9.87. The van der Waals surface area contributed by atoms with Gasteiger partial charge in [0.2, 0.25) is 5.91 Å². The highest BCUT2D eigenvalue weighted by Gasteiger charge is 2.19. The Bertz CT molecular complexity index is 170. The van der Waals surface area contributed by atoms with Gasteiger partial charge >= 0.3 is 0 Å². The third-order valence-electron chi connectivity index (χ3n) is 2.66. The highest BCUT2D eigenvalue weighted by atomic mass is 16.3. The second-order valence-corrected chi connectivity index (χ2v) is 3.84. The van der Waals surface area contributed by atoms with E-state index in [0.29, 0.717) is 12.3 Å². The van der Waals surface area contributed by atoms with Crippen molar-refractivity contribution in [1.29, 1.82) is 0 Å². The molecule has 0 aromatic heterocycles. The molecule has 2 N–H and O–H groups in total. The number of aliphatic hydroxyl groups is 1. The van der Waals surface area contributed by atoms with Crippen molar-refractivity contribution < 1.29 is 9.90 Å². The molecule has 0 spiro atoms.